The van der Waals surface area contributed by atoms with E-state index in [1.807, 2.05) is 0 Å². The number of benzene rings is 2. The molecule has 2 aromatic carbocycles. The Morgan fingerprint density at radius 1 is 1.07 bits per heavy atom. The lowest BCUT2D eigenvalue weighted by Crippen LogP contribution is -2.27. The van der Waals surface area contributed by atoms with Gasteiger partial charge in [-0.3, -0.25) is 14.7 Å². The van der Waals surface area contributed by atoms with Gasteiger partial charge in [0.25, 0.3) is 5.56 Å². The Labute approximate surface area is 238 Å². The summed E-state index contributed by atoms with van der Waals surface area (Å²) in [7, 11) is 0. The molecular formula is C30H26F2N6O4. The van der Waals surface area contributed by atoms with Gasteiger partial charge in [-0.25, -0.2) is 13.8 Å². The number of ketones is 1. The number of H-pyrrole nitrogens is 1. The Morgan fingerprint density at radius 3 is 2.69 bits per heavy atom. The number of rotatable bonds is 9. The van der Waals surface area contributed by atoms with Gasteiger partial charge in [0.15, 0.2) is 28.8 Å². The molecule has 1 fully saturated rings. The highest BCUT2D eigenvalue weighted by Crippen LogP contribution is 2.36. The molecule has 3 N–H and O–H groups in total. The van der Waals surface area contributed by atoms with Gasteiger partial charge < -0.3 is 15.2 Å². The van der Waals surface area contributed by atoms with E-state index in [1.165, 1.54) is 54.9 Å². The molecule has 3 aromatic heterocycles. The van der Waals surface area contributed by atoms with Crippen LogP contribution in [0.25, 0.3) is 16.7 Å². The molecule has 6 rings (SSSR count). The molecule has 12 heteroatoms. The molecule has 0 bridgehead atoms. The molecule has 1 saturated carbocycles. The van der Waals surface area contributed by atoms with E-state index in [4.69, 9.17) is 4.74 Å². The van der Waals surface area contributed by atoms with Crippen molar-refractivity contribution in [3.63, 3.8) is 0 Å². The fourth-order valence-electron chi connectivity index (χ4n) is 5.26. The van der Waals surface area contributed by atoms with E-state index in [9.17, 15) is 19.1 Å². The molecule has 1 unspecified atom stereocenters. The third-order valence-electron chi connectivity index (χ3n) is 7.44. The number of pyridine rings is 1. The fraction of sp³-hybridized carbons (Fsp3) is 0.233. The second-order valence-electron chi connectivity index (χ2n) is 10.1. The van der Waals surface area contributed by atoms with Crippen molar-refractivity contribution in [3.05, 3.63) is 100 Å². The number of carbonyl (C=O) groups excluding carboxylic acids is 1. The fourth-order valence-corrected chi connectivity index (χ4v) is 5.26. The van der Waals surface area contributed by atoms with Crippen LogP contribution >= 0.6 is 0 Å². The third kappa shape index (κ3) is 5.36. The van der Waals surface area contributed by atoms with E-state index in [0.717, 1.165) is 23.9 Å². The van der Waals surface area contributed by atoms with Crippen molar-refractivity contribution >= 4 is 22.6 Å². The van der Waals surface area contributed by atoms with Gasteiger partial charge in [0.1, 0.15) is 17.0 Å². The molecule has 0 spiro atoms. The normalized spacial score (nSPS) is 16.5. The van der Waals surface area contributed by atoms with Crippen LogP contribution in [-0.4, -0.2) is 48.5 Å². The van der Waals surface area contributed by atoms with E-state index >= 15 is 4.39 Å². The zero-order chi connectivity index (χ0) is 29.2. The Hall–Kier alpha value is -4.97. The first-order valence-electron chi connectivity index (χ1n) is 13.5. The maximum Gasteiger partial charge on any atom is 0.282 e. The highest BCUT2D eigenvalue weighted by Gasteiger charge is 2.28. The van der Waals surface area contributed by atoms with Gasteiger partial charge in [0.05, 0.1) is 11.3 Å². The zero-order valence-electron chi connectivity index (χ0n) is 22.3. The van der Waals surface area contributed by atoms with Crippen molar-refractivity contribution in [2.24, 2.45) is 5.92 Å². The quantitative estimate of drug-likeness (QED) is 0.219. The van der Waals surface area contributed by atoms with E-state index in [1.54, 1.807) is 12.1 Å². The number of aromatic nitrogens is 5. The van der Waals surface area contributed by atoms with Crippen molar-refractivity contribution in [1.82, 2.24) is 25.0 Å². The van der Waals surface area contributed by atoms with Crippen LogP contribution in [0.15, 0.2) is 71.8 Å². The van der Waals surface area contributed by atoms with Crippen molar-refractivity contribution in [3.8, 4) is 17.2 Å². The summed E-state index contributed by atoms with van der Waals surface area (Å²) in [6.45, 7) is 0.0766. The molecule has 214 valence electrons. The van der Waals surface area contributed by atoms with E-state index in [-0.39, 0.29) is 36.3 Å². The lowest BCUT2D eigenvalue weighted by atomic mass is 10.0. The van der Waals surface area contributed by atoms with Gasteiger partial charge in [-0.05, 0) is 60.9 Å². The summed E-state index contributed by atoms with van der Waals surface area (Å²) in [5.41, 5.74) is 0.320. The van der Waals surface area contributed by atoms with Gasteiger partial charge in [0.2, 0.25) is 0 Å². The number of fused-ring (bicyclic) bond motifs is 1. The second kappa shape index (κ2) is 11.5. The summed E-state index contributed by atoms with van der Waals surface area (Å²) in [6, 6.07) is 12.2. The number of nitrogens with zero attached hydrogens (tertiary/aromatic N) is 4. The average molecular weight is 573 g/mol. The third-order valence-corrected chi connectivity index (χ3v) is 7.44. The first-order chi connectivity index (χ1) is 20.4. The topological polar surface area (TPSA) is 135 Å². The van der Waals surface area contributed by atoms with Crippen LogP contribution in [0, 0.1) is 17.6 Å². The molecule has 0 amide bonds. The van der Waals surface area contributed by atoms with E-state index < -0.39 is 23.0 Å². The van der Waals surface area contributed by atoms with Gasteiger partial charge in [-0.1, -0.05) is 12.5 Å². The maximum absolute atomic E-state index is 15.2. The molecule has 0 aliphatic heterocycles. The summed E-state index contributed by atoms with van der Waals surface area (Å²) >= 11 is 0. The van der Waals surface area contributed by atoms with Crippen molar-refractivity contribution < 1.29 is 23.4 Å². The number of nitrogens with one attached hydrogen (secondary N) is 2. The van der Waals surface area contributed by atoms with Crippen LogP contribution < -0.4 is 15.6 Å². The van der Waals surface area contributed by atoms with Crippen LogP contribution in [-0.2, 0) is 6.42 Å². The monoisotopic (exact) mass is 572 g/mol. The number of hydrogen-bond donors (Lipinski definition) is 3. The van der Waals surface area contributed by atoms with Crippen LogP contribution in [0.3, 0.4) is 0 Å². The minimum atomic E-state index is -0.696. The van der Waals surface area contributed by atoms with E-state index in [0.29, 0.717) is 33.9 Å². The van der Waals surface area contributed by atoms with Gasteiger partial charge in [-0.15, -0.1) is 0 Å². The highest BCUT2D eigenvalue weighted by molar-refractivity contribution is 5.97. The van der Waals surface area contributed by atoms with Gasteiger partial charge in [0, 0.05) is 43.4 Å². The summed E-state index contributed by atoms with van der Waals surface area (Å²) in [5, 5.41) is 24.8. The number of aliphatic hydroxyl groups excluding tert-OH is 1. The minimum Gasteiger partial charge on any atom is -0.453 e. The average Bonchev–Trinajstić information content (AvgIpc) is 3.62. The van der Waals surface area contributed by atoms with Crippen LogP contribution in [0.1, 0.15) is 35.2 Å². The van der Waals surface area contributed by atoms with Gasteiger partial charge >= 0.3 is 0 Å². The Morgan fingerprint density at radius 2 is 1.90 bits per heavy atom. The molecule has 5 aromatic rings. The number of carbonyl (C=O) groups is 1. The smallest absolute Gasteiger partial charge is 0.282 e. The number of aliphatic hydroxyl groups is 1. The molecule has 0 radical (unpaired) electrons. The van der Waals surface area contributed by atoms with Crippen molar-refractivity contribution in [1.29, 1.82) is 0 Å². The Balaban J connectivity index is 1.21. The van der Waals surface area contributed by atoms with Gasteiger partial charge in [-0.2, -0.15) is 14.9 Å². The van der Waals surface area contributed by atoms with Crippen LogP contribution in [0.5, 0.6) is 11.5 Å². The maximum atomic E-state index is 15.2. The SMILES string of the molecule is O=C(Cc1ccc(Oc2ccnc3[nH]nc(NC4CCC[C@@H]4CO)c23)c(F)c1)c1ccnn(-c2ccc(F)cc2)c1=O. The van der Waals surface area contributed by atoms with Crippen molar-refractivity contribution in [2.75, 3.05) is 11.9 Å². The number of Topliss-reactive ketones (excluding diaryl/α,β-unsaturated/α-hetero) is 1. The Bertz CT molecular complexity index is 1820. The minimum absolute atomic E-state index is 0.0447. The lowest BCUT2D eigenvalue weighted by molar-refractivity contribution is 0.0991. The summed E-state index contributed by atoms with van der Waals surface area (Å²) < 4.78 is 35.4. The lowest BCUT2D eigenvalue weighted by Gasteiger charge is -2.19. The van der Waals surface area contributed by atoms with Crippen LogP contribution in [0.4, 0.5) is 14.6 Å². The Kier molecular flexibility index (Phi) is 7.44. The van der Waals surface area contributed by atoms with Crippen LogP contribution in [0.2, 0.25) is 0 Å². The molecule has 3 heterocycles. The summed E-state index contributed by atoms with van der Waals surface area (Å²) in [4.78, 5) is 30.2. The largest absolute Gasteiger partial charge is 0.453 e. The highest BCUT2D eigenvalue weighted by atomic mass is 19.1. The molecule has 10 nitrogen and oxygen atoms in total. The van der Waals surface area contributed by atoms with Crippen molar-refractivity contribution in [2.45, 2.75) is 31.7 Å². The molecular weight excluding hydrogens is 546 g/mol. The number of anilines is 1. The zero-order valence-corrected chi connectivity index (χ0v) is 22.3. The standard InChI is InChI=1S/C30H26F2N6O4/c31-19-5-7-20(8-6-19)38-30(41)21(10-13-34-38)24(40)15-17-4-9-25(22(32)14-17)42-26-11-12-33-28-27(26)29(37-36-28)35-23-3-1-2-18(23)16-39/h4-14,18,23,39H,1-3,15-16H2,(H2,33,35,36,37)/t18-,23?/m1/s1. The molecule has 2 atom stereocenters. The molecule has 42 heavy (non-hydrogen) atoms. The molecule has 0 saturated heterocycles. The number of hydrogen-bond acceptors (Lipinski definition) is 8. The number of halogens is 2. The predicted molar refractivity (Wildman–Crippen MR) is 150 cm³/mol. The number of aromatic amines is 1. The molecule has 1 aliphatic carbocycles. The number of ether oxygens (including phenoxy) is 1. The first kappa shape index (κ1) is 27.2. The molecule has 1 aliphatic rings. The summed E-state index contributed by atoms with van der Waals surface area (Å²) in [6.07, 6.45) is 5.40. The first-order valence-corrected chi connectivity index (χ1v) is 13.5. The van der Waals surface area contributed by atoms with E-state index in [2.05, 4.69) is 25.6 Å². The predicted octanol–water partition coefficient (Wildman–Crippen LogP) is 4.57. The summed E-state index contributed by atoms with van der Waals surface area (Å²) in [5.74, 6) is -0.808. The second-order valence-corrected chi connectivity index (χ2v) is 10.1.